The van der Waals surface area contributed by atoms with E-state index >= 15 is 0 Å². The molecule has 2 saturated heterocycles. The molecule has 4 amide bonds. The normalized spacial score (nSPS) is 22.0. The van der Waals surface area contributed by atoms with Gasteiger partial charge in [-0.05, 0) is 73.4 Å². The highest BCUT2D eigenvalue weighted by atomic mass is 19.4. The molecule has 0 saturated carbocycles. The first kappa shape index (κ1) is 50.2. The number of esters is 1. The van der Waals surface area contributed by atoms with Crippen molar-refractivity contribution < 1.29 is 46.6 Å². The van der Waals surface area contributed by atoms with E-state index in [1.54, 1.807) is 37.0 Å². The minimum absolute atomic E-state index is 0.0432. The molecule has 2 fully saturated rings. The van der Waals surface area contributed by atoms with Crippen LogP contribution in [0, 0.1) is 17.3 Å². The van der Waals surface area contributed by atoms with Crippen LogP contribution < -0.4 is 15.6 Å². The van der Waals surface area contributed by atoms with Gasteiger partial charge in [-0.25, -0.2) is 5.43 Å². The molecule has 4 aliphatic rings. The SMILES string of the molecule is C=CC(=O)N1CC[C@H](C(=O)N(C)C(C(=O)N[C@H]2Cc3cccc(c3)N3CCc4c(c(c(-c5cnn(C)c5[C@H](C)OC)n4CC(F)(F)F)CC(C)(C)COC(=O)[C@@H]4CCCN(N4)C2=O)C3)C(C)C)C1. The van der Waals surface area contributed by atoms with Gasteiger partial charge in [-0.2, -0.15) is 18.3 Å². The largest absolute Gasteiger partial charge is 0.464 e. The monoisotopic (exact) mass is 950 g/mol. The maximum absolute atomic E-state index is 14.7. The van der Waals surface area contributed by atoms with E-state index in [-0.39, 0.29) is 56.8 Å². The van der Waals surface area contributed by atoms with Gasteiger partial charge in [-0.15, -0.1) is 0 Å². The number of hydrogen-bond donors (Lipinski definition) is 2. The van der Waals surface area contributed by atoms with Crippen LogP contribution >= 0.6 is 0 Å². The third-order valence-corrected chi connectivity index (χ3v) is 13.9. The van der Waals surface area contributed by atoms with E-state index in [2.05, 4.69) is 27.3 Å². The van der Waals surface area contributed by atoms with Crippen molar-refractivity contribution in [1.29, 1.82) is 0 Å². The van der Waals surface area contributed by atoms with E-state index in [0.717, 1.165) is 11.3 Å². The maximum Gasteiger partial charge on any atom is 0.406 e. The number of likely N-dealkylation sites (tertiary alicyclic amines) is 1. The van der Waals surface area contributed by atoms with Gasteiger partial charge in [0.15, 0.2) is 0 Å². The van der Waals surface area contributed by atoms with Crippen molar-refractivity contribution in [2.24, 2.45) is 24.3 Å². The van der Waals surface area contributed by atoms with Crippen molar-refractivity contribution in [3.8, 4) is 11.3 Å². The van der Waals surface area contributed by atoms with Crippen LogP contribution in [0.1, 0.15) is 88.1 Å². The summed E-state index contributed by atoms with van der Waals surface area (Å²) in [7, 11) is 4.85. The molecule has 68 heavy (non-hydrogen) atoms. The Kier molecular flexibility index (Phi) is 14.8. The van der Waals surface area contributed by atoms with Crippen LogP contribution in [-0.2, 0) is 72.8 Å². The van der Waals surface area contributed by atoms with Crippen LogP contribution in [0.2, 0.25) is 0 Å². The molecule has 16 nitrogen and oxygen atoms in total. The topological polar surface area (TPSA) is 164 Å². The number of halogens is 3. The van der Waals surface area contributed by atoms with E-state index in [0.29, 0.717) is 72.5 Å². The second kappa shape index (κ2) is 20.1. The average Bonchev–Trinajstić information content (AvgIpc) is 4.02. The van der Waals surface area contributed by atoms with Gasteiger partial charge in [0, 0.05) is 89.1 Å². The average molecular weight is 950 g/mol. The fourth-order valence-corrected chi connectivity index (χ4v) is 10.5. The number of fused-ring (bicyclic) bond motifs is 6. The first-order chi connectivity index (χ1) is 32.1. The van der Waals surface area contributed by atoms with Gasteiger partial charge < -0.3 is 34.1 Å². The zero-order chi connectivity index (χ0) is 49.4. The molecule has 3 aromatic rings. The number of likely N-dealkylation sites (N-methyl/N-ethyl adjacent to an activating group) is 1. The lowest BCUT2D eigenvalue weighted by atomic mass is 9.83. The first-order valence-electron chi connectivity index (χ1n) is 23.5. The maximum atomic E-state index is 14.7. The summed E-state index contributed by atoms with van der Waals surface area (Å²) in [5.41, 5.74) is 7.39. The number of anilines is 1. The second-order valence-electron chi connectivity index (χ2n) is 19.9. The Morgan fingerprint density at radius 1 is 1.12 bits per heavy atom. The zero-order valence-corrected chi connectivity index (χ0v) is 40.4. The van der Waals surface area contributed by atoms with Gasteiger partial charge in [-0.3, -0.25) is 33.7 Å². The third kappa shape index (κ3) is 10.6. The summed E-state index contributed by atoms with van der Waals surface area (Å²) in [4.78, 5) is 74.4. The van der Waals surface area contributed by atoms with Crippen molar-refractivity contribution in [2.75, 3.05) is 51.8 Å². The highest BCUT2D eigenvalue weighted by Crippen LogP contribution is 2.43. The van der Waals surface area contributed by atoms with Gasteiger partial charge in [0.05, 0.1) is 36.2 Å². The van der Waals surface area contributed by atoms with E-state index in [4.69, 9.17) is 9.47 Å². The molecule has 2 N–H and O–H groups in total. The van der Waals surface area contributed by atoms with Gasteiger partial charge in [-0.1, -0.05) is 46.4 Å². The van der Waals surface area contributed by atoms with Gasteiger partial charge in [0.25, 0.3) is 5.91 Å². The molecular formula is C49H66F3N9O7. The number of nitrogens with zero attached hydrogens (tertiary/aromatic N) is 7. The van der Waals surface area contributed by atoms with Crippen LogP contribution in [0.3, 0.4) is 0 Å². The minimum atomic E-state index is -4.55. The molecular weight excluding hydrogens is 884 g/mol. The van der Waals surface area contributed by atoms with E-state index < -0.39 is 66.1 Å². The minimum Gasteiger partial charge on any atom is -0.464 e. The molecule has 0 spiro atoms. The molecule has 0 radical (unpaired) electrons. The Morgan fingerprint density at radius 3 is 2.56 bits per heavy atom. The lowest BCUT2D eigenvalue weighted by Crippen LogP contribution is -2.62. The number of carbonyl (C=O) groups excluding carboxylic acids is 5. The fourth-order valence-electron chi connectivity index (χ4n) is 10.5. The molecule has 19 heteroatoms. The summed E-state index contributed by atoms with van der Waals surface area (Å²) in [6.45, 7) is 13.1. The van der Waals surface area contributed by atoms with E-state index in [9.17, 15) is 37.1 Å². The van der Waals surface area contributed by atoms with Crippen molar-refractivity contribution in [2.45, 2.75) is 117 Å². The Labute approximate surface area is 396 Å². The smallest absolute Gasteiger partial charge is 0.406 e. The molecule has 2 aromatic heterocycles. The summed E-state index contributed by atoms with van der Waals surface area (Å²) in [5, 5.41) is 8.87. The molecule has 6 heterocycles. The second-order valence-corrected chi connectivity index (χ2v) is 19.9. The lowest BCUT2D eigenvalue weighted by molar-refractivity contribution is -0.155. The van der Waals surface area contributed by atoms with Crippen molar-refractivity contribution in [3.63, 3.8) is 0 Å². The number of aromatic nitrogens is 3. The number of ether oxygens (including phenoxy) is 2. The molecule has 1 unspecified atom stereocenters. The number of hydrogen-bond acceptors (Lipinski definition) is 10. The number of methoxy groups -OCH3 is 1. The van der Waals surface area contributed by atoms with Crippen LogP contribution in [0.5, 0.6) is 0 Å². The summed E-state index contributed by atoms with van der Waals surface area (Å²) in [6, 6.07) is 4.57. The summed E-state index contributed by atoms with van der Waals surface area (Å²) >= 11 is 0. The van der Waals surface area contributed by atoms with E-state index in [1.807, 2.05) is 58.9 Å². The highest BCUT2D eigenvalue weighted by molar-refractivity contribution is 5.93. The summed E-state index contributed by atoms with van der Waals surface area (Å²) in [6.07, 6.45) is -0.362. The Morgan fingerprint density at radius 2 is 1.87 bits per heavy atom. The highest BCUT2D eigenvalue weighted by Gasteiger charge is 2.42. The predicted molar refractivity (Wildman–Crippen MR) is 248 cm³/mol. The quantitative estimate of drug-likeness (QED) is 0.212. The molecule has 5 atom stereocenters. The molecule has 4 aliphatic heterocycles. The van der Waals surface area contributed by atoms with Gasteiger partial charge in [0.2, 0.25) is 17.7 Å². The molecule has 1 aromatic carbocycles. The number of carbonyl (C=O) groups is 5. The van der Waals surface area contributed by atoms with Crippen molar-refractivity contribution in [3.05, 3.63) is 71.2 Å². The molecule has 6 bridgehead atoms. The van der Waals surface area contributed by atoms with E-state index in [1.165, 1.54) is 20.6 Å². The van der Waals surface area contributed by atoms with Gasteiger partial charge >= 0.3 is 12.1 Å². The first-order valence-corrected chi connectivity index (χ1v) is 23.5. The number of hydrazine groups is 1. The Bertz CT molecular complexity index is 2410. The van der Waals surface area contributed by atoms with Crippen molar-refractivity contribution >= 4 is 35.3 Å². The summed E-state index contributed by atoms with van der Waals surface area (Å²) in [5.74, 6) is -3.03. The zero-order valence-electron chi connectivity index (χ0n) is 40.4. The Hall–Kier alpha value is -5.69. The summed E-state index contributed by atoms with van der Waals surface area (Å²) < 4.78 is 58.9. The molecule has 7 rings (SSSR count). The van der Waals surface area contributed by atoms with Crippen LogP contribution in [0.25, 0.3) is 11.3 Å². The van der Waals surface area contributed by atoms with Crippen LogP contribution in [0.4, 0.5) is 18.9 Å². The van der Waals surface area contributed by atoms with Gasteiger partial charge in [0.1, 0.15) is 24.7 Å². The number of cyclic esters (lactones) is 1. The number of benzene rings is 1. The Balaban J connectivity index is 1.28. The number of nitrogens with one attached hydrogen (secondary N) is 2. The number of alkyl halides is 3. The molecule has 370 valence electrons. The number of amides is 4. The fraction of sp³-hybridized carbons (Fsp3) is 0.592. The number of rotatable bonds is 10. The predicted octanol–water partition coefficient (Wildman–Crippen LogP) is 4.89. The lowest BCUT2D eigenvalue weighted by Gasteiger charge is -2.37. The molecule has 0 aliphatic carbocycles. The van der Waals surface area contributed by atoms with Crippen molar-refractivity contribution in [1.82, 2.24) is 39.9 Å². The van der Waals surface area contributed by atoms with Crippen LogP contribution in [0.15, 0.2) is 43.1 Å². The van der Waals surface area contributed by atoms with Crippen LogP contribution in [-0.4, -0.2) is 130 Å². The third-order valence-electron chi connectivity index (χ3n) is 13.9. The number of aryl methyl sites for hydroxylation is 1. The standard InChI is InChI=1S/C49H66F3N9O7/c1-10-40(62)59-19-16-32(25-59)45(64)56(7)41(29(2)3)44(63)54-38-22-31-13-11-14-33(21-31)58-20-17-39-36(26-58)34(23-48(5,6)28-68-47(66)37-15-12-18-61(55-37)46(38)65)43(60(39)27-49(50,51)52)35-24-53-57(8)42(35)30(4)67-9/h10-11,13-14,21,24,29-30,32,37-38,41,55H,1,12,15-20,22-23,25-28H2,2-9H3,(H,54,63)/t30-,32-,37-,38-,41?/m0/s1.